The van der Waals surface area contributed by atoms with Crippen LogP contribution in [0.25, 0.3) is 0 Å². The summed E-state index contributed by atoms with van der Waals surface area (Å²) in [6, 6.07) is 0.248. The van der Waals surface area contributed by atoms with Crippen LogP contribution in [0.2, 0.25) is 9.41 Å². The molecule has 7 saturated carbocycles. The van der Waals surface area contributed by atoms with E-state index in [9.17, 15) is 13.2 Å². The topological polar surface area (TPSA) is 101 Å². The molecule has 0 spiro atoms. The first-order chi connectivity index (χ1) is 29.7. The molecular formula is C52H90AsNO8S. The summed E-state index contributed by atoms with van der Waals surface area (Å²) < 4.78 is 55.5. The molecule has 0 radical (unpaired) electrons. The van der Waals surface area contributed by atoms with Gasteiger partial charge in [-0.3, -0.25) is 4.79 Å². The Hall–Kier alpha value is -0.222. The summed E-state index contributed by atoms with van der Waals surface area (Å²) in [5.74, 6) is 4.36. The van der Waals surface area contributed by atoms with Crippen LogP contribution in [0.3, 0.4) is 0 Å². The fraction of sp³-hybridized carbons (Fsp3) is 0.981. The van der Waals surface area contributed by atoms with Gasteiger partial charge in [-0.1, -0.05) is 13.8 Å². The van der Waals surface area contributed by atoms with Crippen LogP contribution in [0.1, 0.15) is 152 Å². The second kappa shape index (κ2) is 18.3. The van der Waals surface area contributed by atoms with Crippen molar-refractivity contribution >= 4 is 31.6 Å². The van der Waals surface area contributed by atoms with Crippen LogP contribution in [-0.2, 0) is 38.3 Å². The maximum atomic E-state index is 13.6. The van der Waals surface area contributed by atoms with Gasteiger partial charge in [-0.05, 0) is 18.3 Å². The number of nitrogens with zero attached hydrogens (tertiary/aromatic N) is 1. The Morgan fingerprint density at radius 2 is 1.38 bits per heavy atom. The first kappa shape index (κ1) is 49.2. The second-order valence-electron chi connectivity index (χ2n) is 24.9. The van der Waals surface area contributed by atoms with E-state index in [1.54, 1.807) is 7.11 Å². The van der Waals surface area contributed by atoms with Gasteiger partial charge in [0.2, 0.25) is 0 Å². The fourth-order valence-corrected chi connectivity index (χ4v) is 23.2. The van der Waals surface area contributed by atoms with Crippen LogP contribution in [0.15, 0.2) is 0 Å². The van der Waals surface area contributed by atoms with Gasteiger partial charge in [0, 0.05) is 7.11 Å². The Morgan fingerprint density at radius 3 is 2.02 bits per heavy atom. The summed E-state index contributed by atoms with van der Waals surface area (Å²) in [6.07, 6.45) is 18.0. The third kappa shape index (κ3) is 8.98. The van der Waals surface area contributed by atoms with Gasteiger partial charge >= 0.3 is 338 Å². The average Bonchev–Trinajstić information content (AvgIpc) is 3.84. The SMILES string of the molecule is COCCOCCOCCO[C@H](C)[C@H](C[AsH][C@]12CC[C@@H](C3(C)CC3)[C@@H]1[C@H]1CC[C@@H]3[C@@]4(C)CC[C@H](OC(=O)[C@H]5CCC5(C)C)C(C)(C)[C@@H]4CC[C@@]3(C)[C@]1(C)CC2)N1CCS(=O)(=O)CC1. The Labute approximate surface area is 390 Å². The van der Waals surface area contributed by atoms with Crippen LogP contribution >= 0.6 is 0 Å². The molecule has 0 bridgehead atoms. The van der Waals surface area contributed by atoms with E-state index in [-0.39, 0.29) is 73.6 Å². The van der Waals surface area contributed by atoms with Crippen molar-refractivity contribution in [3.8, 4) is 0 Å². The molecule has 0 aromatic rings. The standard InChI is InChI=1S/C52H90AsNO8S/c1-36(61-32-31-60-30-29-59-28-27-58-10)40(54-25-33-63(56,57)34-26-54)35-53-52-20-14-37(48(6)21-22-48)44(52)38-11-12-42-49(7)18-16-43(62-45(55)39-13-17-46(39,2)3)47(4,5)41(49)15-19-51(42,9)50(38,8)23-24-52/h36-44,53H,11-35H2,1-10H3/t36-,37-,38-,39-,40+,41+,42-,43+,44-,49+,50-,51-,52+/m1/s1. The van der Waals surface area contributed by atoms with Gasteiger partial charge in [0.05, 0.1) is 5.92 Å². The maximum absolute atomic E-state index is 13.6. The number of fused-ring (bicyclic) bond motifs is 7. The van der Waals surface area contributed by atoms with Crippen LogP contribution in [0.4, 0.5) is 0 Å². The van der Waals surface area contributed by atoms with E-state index in [2.05, 4.69) is 67.2 Å². The van der Waals surface area contributed by atoms with Gasteiger partial charge in [-0.2, -0.15) is 0 Å². The van der Waals surface area contributed by atoms with Gasteiger partial charge in [0.1, 0.15) is 0 Å². The van der Waals surface area contributed by atoms with Crippen molar-refractivity contribution in [1.82, 2.24) is 4.90 Å². The summed E-state index contributed by atoms with van der Waals surface area (Å²) in [5.41, 5.74) is 1.46. The second-order valence-corrected chi connectivity index (χ2v) is 30.9. The molecule has 11 heteroatoms. The number of carbonyl (C=O) groups excluding carboxylic acids is 1. The van der Waals surface area contributed by atoms with E-state index >= 15 is 0 Å². The van der Waals surface area contributed by atoms with Crippen molar-refractivity contribution in [2.45, 2.75) is 180 Å². The zero-order valence-corrected chi connectivity index (χ0v) is 44.4. The molecule has 362 valence electrons. The van der Waals surface area contributed by atoms with Gasteiger partial charge < -0.3 is 4.74 Å². The molecule has 0 amide bonds. The van der Waals surface area contributed by atoms with Crippen molar-refractivity contribution in [3.63, 3.8) is 0 Å². The van der Waals surface area contributed by atoms with Crippen LogP contribution in [-0.4, -0.2) is 125 Å². The third-order valence-corrected chi connectivity index (χ3v) is 27.5. The van der Waals surface area contributed by atoms with Gasteiger partial charge in [0.25, 0.3) is 0 Å². The number of hydrogen-bond acceptors (Lipinski definition) is 9. The molecule has 8 rings (SSSR count). The normalized spacial score (nSPS) is 43.2. The Morgan fingerprint density at radius 1 is 0.698 bits per heavy atom. The van der Waals surface area contributed by atoms with E-state index in [4.69, 9.17) is 23.7 Å². The molecule has 0 N–H and O–H groups in total. The van der Waals surface area contributed by atoms with Crippen molar-refractivity contribution < 1.29 is 36.9 Å². The Kier molecular flexibility index (Phi) is 14.3. The average molecular weight is 964 g/mol. The minimum atomic E-state index is -2.98. The van der Waals surface area contributed by atoms with E-state index in [0.29, 0.717) is 85.0 Å². The summed E-state index contributed by atoms with van der Waals surface area (Å²) in [6.45, 7) is 27.2. The van der Waals surface area contributed by atoms with Crippen LogP contribution in [0.5, 0.6) is 0 Å². The molecule has 14 atom stereocenters. The van der Waals surface area contributed by atoms with E-state index in [1.807, 2.05) is 0 Å². The molecule has 1 saturated heterocycles. The van der Waals surface area contributed by atoms with Crippen molar-refractivity contribution in [2.24, 2.45) is 68.0 Å². The quantitative estimate of drug-likeness (QED) is 0.0756. The summed E-state index contributed by atoms with van der Waals surface area (Å²) in [4.78, 5) is 16.1. The number of methoxy groups -OCH3 is 1. The Bertz CT molecular complexity index is 1720. The molecule has 0 aromatic carbocycles. The van der Waals surface area contributed by atoms with E-state index in [1.165, 1.54) is 75.8 Å². The number of sulfone groups is 1. The number of carbonyl (C=O) groups is 1. The molecule has 9 nitrogen and oxygen atoms in total. The molecular weight excluding hydrogens is 874 g/mol. The zero-order chi connectivity index (χ0) is 45.3. The molecule has 1 heterocycles. The van der Waals surface area contributed by atoms with Crippen molar-refractivity contribution in [3.05, 3.63) is 0 Å². The molecule has 1 aliphatic heterocycles. The Balaban J connectivity index is 0.983. The number of ether oxygens (including phenoxy) is 5. The van der Waals surface area contributed by atoms with Gasteiger partial charge in [-0.25, -0.2) is 0 Å². The van der Waals surface area contributed by atoms with Gasteiger partial charge in [0.15, 0.2) is 0 Å². The van der Waals surface area contributed by atoms with Crippen LogP contribution < -0.4 is 0 Å². The minimum absolute atomic E-state index is 0.0186. The number of esters is 1. The summed E-state index contributed by atoms with van der Waals surface area (Å²) in [7, 11) is -1.30. The molecule has 8 fully saturated rings. The first-order valence-electron chi connectivity index (χ1n) is 25.8. The fourth-order valence-electron chi connectivity index (χ4n) is 16.8. The van der Waals surface area contributed by atoms with Gasteiger partial charge in [-0.15, -0.1) is 0 Å². The van der Waals surface area contributed by atoms with Crippen molar-refractivity contribution in [2.75, 3.05) is 71.3 Å². The predicted molar refractivity (Wildman–Crippen MR) is 253 cm³/mol. The number of hydrogen-bond donors (Lipinski definition) is 0. The predicted octanol–water partition coefficient (Wildman–Crippen LogP) is 9.43. The molecule has 0 aromatic heterocycles. The zero-order valence-electron chi connectivity index (χ0n) is 41.5. The van der Waals surface area contributed by atoms with E-state index in [0.717, 1.165) is 37.0 Å². The number of rotatable bonds is 18. The summed E-state index contributed by atoms with van der Waals surface area (Å²) >= 11 is -0.382. The molecule has 1 unspecified atom stereocenters. The van der Waals surface area contributed by atoms with Crippen molar-refractivity contribution in [1.29, 1.82) is 0 Å². The molecule has 8 aliphatic rings. The molecule has 63 heavy (non-hydrogen) atoms. The molecule has 7 aliphatic carbocycles. The van der Waals surface area contributed by atoms with E-state index < -0.39 is 9.84 Å². The summed E-state index contributed by atoms with van der Waals surface area (Å²) in [5, 5.41) is 1.19. The first-order valence-corrected chi connectivity index (χ1v) is 30.2. The van der Waals surface area contributed by atoms with Crippen LogP contribution in [0, 0.1) is 68.0 Å². The third-order valence-electron chi connectivity index (χ3n) is 21.3. The monoisotopic (exact) mass is 964 g/mol.